The van der Waals surface area contributed by atoms with Crippen molar-refractivity contribution >= 4 is 17.3 Å². The highest BCUT2D eigenvalue weighted by Gasteiger charge is 2.20. The molecule has 1 aliphatic rings. The van der Waals surface area contributed by atoms with Gasteiger partial charge >= 0.3 is 11.6 Å². The van der Waals surface area contributed by atoms with Crippen LogP contribution >= 0.6 is 11.6 Å². The third kappa shape index (κ3) is 2.30. The Morgan fingerprint density at radius 1 is 1.25 bits per heavy atom. The summed E-state index contributed by atoms with van der Waals surface area (Å²) in [5, 5.41) is 11.0. The highest BCUT2D eigenvalue weighted by Crippen LogP contribution is 2.38. The molecule has 0 unspecified atom stereocenters. The first kappa shape index (κ1) is 12.5. The molecule has 0 N–H and O–H groups in total. The number of fused-ring (bicyclic) bond motifs is 1. The van der Waals surface area contributed by atoms with E-state index in [1.165, 1.54) is 12.1 Å². The molecule has 102 valence electrons. The smallest absolute Gasteiger partial charge is 0.331 e. The van der Waals surface area contributed by atoms with E-state index < -0.39 is 4.92 Å². The van der Waals surface area contributed by atoms with Crippen LogP contribution in [0.3, 0.4) is 0 Å². The van der Waals surface area contributed by atoms with Crippen molar-refractivity contribution in [1.29, 1.82) is 0 Å². The molecule has 0 aliphatic carbocycles. The number of halogens is 1. The Morgan fingerprint density at radius 2 is 2.05 bits per heavy atom. The Balaban J connectivity index is 1.95. The Morgan fingerprint density at radius 3 is 2.85 bits per heavy atom. The molecule has 2 aromatic rings. The van der Waals surface area contributed by atoms with Crippen LogP contribution in [0, 0.1) is 10.1 Å². The molecule has 0 fully saturated rings. The molecular formula is C12H7ClN2O5. The average molecular weight is 295 g/mol. The van der Waals surface area contributed by atoms with Gasteiger partial charge < -0.3 is 14.2 Å². The quantitative estimate of drug-likeness (QED) is 0.491. The molecule has 8 heteroatoms. The molecule has 1 aromatic heterocycles. The van der Waals surface area contributed by atoms with Crippen LogP contribution in [0.5, 0.6) is 23.1 Å². The van der Waals surface area contributed by atoms with E-state index in [4.69, 9.17) is 25.8 Å². The standard InChI is InChI=1S/C12H7ClN2O5/c13-11-4-2-8(15(16)17)12(14-11)20-7-1-3-9-10(5-7)19-6-18-9/h1-5H,6H2. The number of aromatic nitrogens is 1. The molecule has 0 radical (unpaired) electrons. The van der Waals surface area contributed by atoms with Gasteiger partial charge in [0, 0.05) is 12.1 Å². The minimum Gasteiger partial charge on any atom is -0.454 e. The minimum atomic E-state index is -0.592. The summed E-state index contributed by atoms with van der Waals surface area (Å²) < 4.78 is 15.8. The van der Waals surface area contributed by atoms with E-state index in [0.29, 0.717) is 17.2 Å². The lowest BCUT2D eigenvalue weighted by molar-refractivity contribution is -0.386. The number of nitrogens with zero attached hydrogens (tertiary/aromatic N) is 2. The molecule has 0 bridgehead atoms. The first-order valence-corrected chi connectivity index (χ1v) is 5.90. The molecule has 1 aliphatic heterocycles. The van der Waals surface area contributed by atoms with Crippen molar-refractivity contribution in [3.8, 4) is 23.1 Å². The first-order valence-electron chi connectivity index (χ1n) is 5.52. The van der Waals surface area contributed by atoms with E-state index in [1.54, 1.807) is 18.2 Å². The van der Waals surface area contributed by atoms with Crippen molar-refractivity contribution in [3.63, 3.8) is 0 Å². The van der Waals surface area contributed by atoms with Gasteiger partial charge in [-0.2, -0.15) is 4.98 Å². The topological polar surface area (TPSA) is 83.7 Å². The zero-order valence-corrected chi connectivity index (χ0v) is 10.7. The lowest BCUT2D eigenvalue weighted by Gasteiger charge is -2.06. The van der Waals surface area contributed by atoms with Crippen molar-refractivity contribution < 1.29 is 19.1 Å². The highest BCUT2D eigenvalue weighted by atomic mass is 35.5. The van der Waals surface area contributed by atoms with E-state index >= 15 is 0 Å². The van der Waals surface area contributed by atoms with E-state index in [-0.39, 0.29) is 23.5 Å². The van der Waals surface area contributed by atoms with Gasteiger partial charge in [0.05, 0.1) is 4.92 Å². The number of ether oxygens (including phenoxy) is 3. The van der Waals surface area contributed by atoms with Crippen molar-refractivity contribution in [1.82, 2.24) is 4.98 Å². The molecule has 0 amide bonds. The molecular weight excluding hydrogens is 288 g/mol. The maximum atomic E-state index is 10.9. The molecule has 1 aromatic carbocycles. The Bertz CT molecular complexity index is 692. The largest absolute Gasteiger partial charge is 0.454 e. The second-order valence-corrected chi connectivity index (χ2v) is 4.22. The van der Waals surface area contributed by atoms with Gasteiger partial charge in [-0.1, -0.05) is 11.6 Å². The van der Waals surface area contributed by atoms with E-state index in [2.05, 4.69) is 4.98 Å². The van der Waals surface area contributed by atoms with Gasteiger partial charge in [0.2, 0.25) is 6.79 Å². The van der Waals surface area contributed by atoms with Crippen LogP contribution in [0.1, 0.15) is 0 Å². The van der Waals surface area contributed by atoms with Crippen molar-refractivity contribution in [2.75, 3.05) is 6.79 Å². The summed E-state index contributed by atoms with van der Waals surface area (Å²) in [6.45, 7) is 0.133. The second kappa shape index (κ2) is 4.86. The molecule has 7 nitrogen and oxygen atoms in total. The second-order valence-electron chi connectivity index (χ2n) is 3.83. The lowest BCUT2D eigenvalue weighted by Crippen LogP contribution is -1.96. The van der Waals surface area contributed by atoms with Crippen molar-refractivity contribution in [3.05, 3.63) is 45.6 Å². The third-order valence-electron chi connectivity index (χ3n) is 2.56. The molecule has 0 saturated carbocycles. The van der Waals surface area contributed by atoms with E-state index in [1.807, 2.05) is 0 Å². The number of rotatable bonds is 3. The van der Waals surface area contributed by atoms with Crippen molar-refractivity contribution in [2.45, 2.75) is 0 Å². The fraction of sp³-hybridized carbons (Fsp3) is 0.0833. The van der Waals surface area contributed by atoms with Gasteiger partial charge in [-0.3, -0.25) is 10.1 Å². The van der Waals surface area contributed by atoms with Crippen LogP contribution in [0.2, 0.25) is 5.15 Å². The number of hydrogen-bond donors (Lipinski definition) is 0. The summed E-state index contributed by atoms with van der Waals surface area (Å²) in [6.07, 6.45) is 0. The lowest BCUT2D eigenvalue weighted by atomic mass is 10.3. The predicted octanol–water partition coefficient (Wildman–Crippen LogP) is 3.16. The maximum Gasteiger partial charge on any atom is 0.331 e. The highest BCUT2D eigenvalue weighted by molar-refractivity contribution is 6.29. The van der Waals surface area contributed by atoms with Crippen LogP contribution in [-0.4, -0.2) is 16.7 Å². The Labute approximate surface area is 117 Å². The third-order valence-corrected chi connectivity index (χ3v) is 2.77. The summed E-state index contributed by atoms with van der Waals surface area (Å²) >= 11 is 5.72. The van der Waals surface area contributed by atoms with Gasteiger partial charge in [0.1, 0.15) is 10.9 Å². The van der Waals surface area contributed by atoms with Gasteiger partial charge in [-0.25, -0.2) is 0 Å². The zero-order valence-electron chi connectivity index (χ0n) is 9.91. The number of benzene rings is 1. The fourth-order valence-corrected chi connectivity index (χ4v) is 1.82. The summed E-state index contributed by atoms with van der Waals surface area (Å²) in [5.41, 5.74) is -0.271. The Hall–Kier alpha value is -2.54. The summed E-state index contributed by atoms with van der Waals surface area (Å²) in [6, 6.07) is 7.37. The van der Waals surface area contributed by atoms with Crippen LogP contribution in [0.25, 0.3) is 0 Å². The van der Waals surface area contributed by atoms with Crippen molar-refractivity contribution in [2.24, 2.45) is 0 Å². The summed E-state index contributed by atoms with van der Waals surface area (Å²) in [7, 11) is 0. The SMILES string of the molecule is O=[N+]([O-])c1ccc(Cl)nc1Oc1ccc2c(c1)OCO2. The fourth-order valence-electron chi connectivity index (χ4n) is 1.68. The zero-order chi connectivity index (χ0) is 14.1. The molecule has 0 atom stereocenters. The predicted molar refractivity (Wildman–Crippen MR) is 68.5 cm³/mol. The maximum absolute atomic E-state index is 10.9. The molecule has 3 rings (SSSR count). The molecule has 0 saturated heterocycles. The van der Waals surface area contributed by atoms with E-state index in [0.717, 1.165) is 0 Å². The van der Waals surface area contributed by atoms with Gasteiger partial charge in [0.15, 0.2) is 11.5 Å². The summed E-state index contributed by atoms with van der Waals surface area (Å²) in [4.78, 5) is 14.1. The first-order chi connectivity index (χ1) is 9.63. The van der Waals surface area contributed by atoms with Gasteiger partial charge in [-0.15, -0.1) is 0 Å². The molecule has 2 heterocycles. The monoisotopic (exact) mass is 294 g/mol. The van der Waals surface area contributed by atoms with Crippen LogP contribution < -0.4 is 14.2 Å². The number of hydrogen-bond acceptors (Lipinski definition) is 6. The van der Waals surface area contributed by atoms with Crippen LogP contribution in [-0.2, 0) is 0 Å². The Kier molecular flexibility index (Phi) is 3.03. The van der Waals surface area contributed by atoms with E-state index in [9.17, 15) is 10.1 Å². The minimum absolute atomic E-state index is 0.103. The normalized spacial score (nSPS) is 12.2. The number of nitro groups is 1. The van der Waals surface area contributed by atoms with Gasteiger partial charge in [-0.05, 0) is 18.2 Å². The average Bonchev–Trinajstić information content (AvgIpc) is 2.85. The van der Waals surface area contributed by atoms with Crippen LogP contribution in [0.4, 0.5) is 5.69 Å². The van der Waals surface area contributed by atoms with Gasteiger partial charge in [0.25, 0.3) is 0 Å². The summed E-state index contributed by atoms with van der Waals surface area (Å²) in [5.74, 6) is 1.26. The molecule has 0 spiro atoms. The number of pyridine rings is 1. The molecule has 20 heavy (non-hydrogen) atoms. The van der Waals surface area contributed by atoms with Crippen LogP contribution in [0.15, 0.2) is 30.3 Å².